The quantitative estimate of drug-likeness (QED) is 0.258. The lowest BCUT2D eigenvalue weighted by atomic mass is 10.1. The molecule has 0 aliphatic carbocycles. The minimum absolute atomic E-state index is 0.0214. The minimum atomic E-state index is -5.16. The molecule has 2 aromatic carbocycles. The number of benzene rings is 2. The molecule has 37 heavy (non-hydrogen) atoms. The zero-order chi connectivity index (χ0) is 27.6. The van der Waals surface area contributed by atoms with Crippen molar-refractivity contribution in [3.8, 4) is 29.1 Å². The summed E-state index contributed by atoms with van der Waals surface area (Å²) < 4.78 is 93.6. The van der Waals surface area contributed by atoms with Gasteiger partial charge in [0.2, 0.25) is 0 Å². The van der Waals surface area contributed by atoms with Gasteiger partial charge in [0.1, 0.15) is 23.9 Å². The first kappa shape index (κ1) is 29.9. The second-order valence-electron chi connectivity index (χ2n) is 6.99. The van der Waals surface area contributed by atoms with Crippen LogP contribution in [0.4, 0.5) is 26.3 Å². The molecule has 0 heterocycles. The summed E-state index contributed by atoms with van der Waals surface area (Å²) in [6.45, 7) is 1.97. The van der Waals surface area contributed by atoms with E-state index in [2.05, 4.69) is 37.2 Å². The van der Waals surface area contributed by atoms with Crippen LogP contribution in [0.25, 0.3) is 0 Å². The van der Waals surface area contributed by atoms with E-state index >= 15 is 0 Å². The number of carboxylic acids is 1. The molecular formula is C24H19BrF6O6. The van der Waals surface area contributed by atoms with Gasteiger partial charge >= 0.3 is 18.7 Å². The van der Waals surface area contributed by atoms with Crippen molar-refractivity contribution in [1.82, 2.24) is 0 Å². The van der Waals surface area contributed by atoms with Crippen molar-refractivity contribution >= 4 is 21.9 Å². The number of carbonyl (C=O) groups is 1. The molecule has 1 atom stereocenters. The van der Waals surface area contributed by atoms with Crippen LogP contribution in [0, 0.1) is 11.8 Å². The summed E-state index contributed by atoms with van der Waals surface area (Å²) in [5, 5.41) is 9.18. The number of ether oxygens (including phenoxy) is 4. The number of allylic oxidation sites excluding steroid dienone is 1. The monoisotopic (exact) mass is 596 g/mol. The average molecular weight is 597 g/mol. The number of hydrogen-bond donors (Lipinski definition) is 1. The Labute approximate surface area is 215 Å². The molecule has 0 radical (unpaired) electrons. The molecule has 0 amide bonds. The lowest BCUT2D eigenvalue weighted by molar-refractivity contribution is -0.276. The molecule has 2 aromatic rings. The van der Waals surface area contributed by atoms with E-state index in [1.165, 1.54) is 12.2 Å². The fourth-order valence-corrected chi connectivity index (χ4v) is 3.34. The van der Waals surface area contributed by atoms with E-state index in [0.717, 1.165) is 12.1 Å². The van der Waals surface area contributed by atoms with Crippen LogP contribution in [0.5, 0.6) is 17.2 Å². The number of rotatable bonds is 10. The van der Waals surface area contributed by atoms with E-state index in [1.54, 1.807) is 25.1 Å². The first-order valence-corrected chi connectivity index (χ1v) is 11.1. The molecule has 0 fully saturated rings. The van der Waals surface area contributed by atoms with Gasteiger partial charge in [-0.1, -0.05) is 17.9 Å². The maximum absolute atomic E-state index is 12.6. The van der Waals surface area contributed by atoms with Crippen LogP contribution in [0.1, 0.15) is 18.1 Å². The second kappa shape index (κ2) is 13.3. The molecule has 0 aliphatic rings. The van der Waals surface area contributed by atoms with Gasteiger partial charge in [0.15, 0.2) is 6.10 Å². The van der Waals surface area contributed by atoms with Crippen LogP contribution in [0.15, 0.2) is 53.0 Å². The third kappa shape index (κ3) is 11.1. The molecule has 1 N–H and O–H groups in total. The fourth-order valence-electron chi connectivity index (χ4n) is 2.80. The summed E-state index contributed by atoms with van der Waals surface area (Å²) in [7, 11) is 0. The molecule has 13 heteroatoms. The standard InChI is InChI=1S/C24H19BrF6O6/c1-2-34-21(22(32)33)13-15-7-10-19(18(25)12-15)35-11-5-3-4-6-16-8-9-17(36-23(26,27)28)14-20(16)37-24(29,30)31/h3,5,7-10,12,14,21H,2,11,13H2,1H3,(H,32,33)/b5-3+/t21-/m0/s1. The minimum Gasteiger partial charge on any atom is -0.488 e. The van der Waals surface area contributed by atoms with Gasteiger partial charge in [-0.25, -0.2) is 4.79 Å². The Morgan fingerprint density at radius 3 is 2.35 bits per heavy atom. The van der Waals surface area contributed by atoms with Gasteiger partial charge in [0, 0.05) is 19.1 Å². The Bertz CT molecular complexity index is 1170. The SMILES string of the molecule is CCO[C@@H](Cc1ccc(OC/C=C/C#Cc2ccc(OC(F)(F)F)cc2OC(F)(F)F)c(Br)c1)C(=O)O. The van der Waals surface area contributed by atoms with E-state index in [4.69, 9.17) is 9.47 Å². The summed E-state index contributed by atoms with van der Waals surface area (Å²) >= 11 is 3.33. The highest BCUT2D eigenvalue weighted by Crippen LogP contribution is 2.32. The topological polar surface area (TPSA) is 74.2 Å². The number of alkyl halides is 6. The van der Waals surface area contributed by atoms with Gasteiger partial charge in [-0.2, -0.15) is 0 Å². The maximum atomic E-state index is 12.6. The van der Waals surface area contributed by atoms with Crippen molar-refractivity contribution < 1.29 is 55.2 Å². The molecule has 200 valence electrons. The Hall–Kier alpha value is -3.37. The van der Waals surface area contributed by atoms with E-state index in [-0.39, 0.29) is 25.2 Å². The van der Waals surface area contributed by atoms with Crippen LogP contribution in [-0.2, 0) is 16.0 Å². The van der Waals surface area contributed by atoms with Crippen molar-refractivity contribution in [2.45, 2.75) is 32.2 Å². The lowest BCUT2D eigenvalue weighted by Gasteiger charge is -2.13. The second-order valence-corrected chi connectivity index (χ2v) is 7.84. The summed E-state index contributed by atoms with van der Waals surface area (Å²) in [4.78, 5) is 11.2. The van der Waals surface area contributed by atoms with Gasteiger partial charge in [-0.3, -0.25) is 0 Å². The van der Waals surface area contributed by atoms with Crippen LogP contribution in [0.3, 0.4) is 0 Å². The molecule has 0 bridgehead atoms. The molecule has 0 spiro atoms. The molecule has 0 saturated carbocycles. The Balaban J connectivity index is 2.03. The van der Waals surface area contributed by atoms with Gasteiger partial charge < -0.3 is 24.1 Å². The van der Waals surface area contributed by atoms with Crippen molar-refractivity contribution in [2.75, 3.05) is 13.2 Å². The predicted molar refractivity (Wildman–Crippen MR) is 122 cm³/mol. The van der Waals surface area contributed by atoms with Gasteiger partial charge in [0.25, 0.3) is 0 Å². The number of halogens is 7. The molecule has 0 saturated heterocycles. The number of aliphatic carboxylic acids is 1. The highest BCUT2D eigenvalue weighted by atomic mass is 79.9. The van der Waals surface area contributed by atoms with Crippen molar-refractivity contribution in [3.05, 3.63) is 64.1 Å². The van der Waals surface area contributed by atoms with Crippen molar-refractivity contribution in [1.29, 1.82) is 0 Å². The van der Waals surface area contributed by atoms with Crippen molar-refractivity contribution in [3.63, 3.8) is 0 Å². The summed E-state index contributed by atoms with van der Waals surface area (Å²) in [6, 6.07) is 7.12. The summed E-state index contributed by atoms with van der Waals surface area (Å²) in [5.41, 5.74) is 0.382. The Kier molecular flexibility index (Phi) is 10.7. The molecule has 0 unspecified atom stereocenters. The molecular weight excluding hydrogens is 578 g/mol. The first-order chi connectivity index (χ1) is 17.3. The van der Waals surface area contributed by atoms with Gasteiger partial charge in [-0.15, -0.1) is 26.3 Å². The van der Waals surface area contributed by atoms with Crippen LogP contribution in [-0.4, -0.2) is 43.1 Å². The Morgan fingerprint density at radius 1 is 1.05 bits per heavy atom. The molecule has 6 nitrogen and oxygen atoms in total. The van der Waals surface area contributed by atoms with Crippen molar-refractivity contribution in [2.24, 2.45) is 0 Å². The van der Waals surface area contributed by atoms with Gasteiger partial charge in [0.05, 0.1) is 10.0 Å². The van der Waals surface area contributed by atoms with Gasteiger partial charge in [-0.05, 0) is 64.8 Å². The Morgan fingerprint density at radius 2 is 1.76 bits per heavy atom. The normalized spacial score (nSPS) is 12.5. The number of carboxylic acid groups (broad SMARTS) is 1. The third-order valence-electron chi connectivity index (χ3n) is 4.22. The zero-order valence-electron chi connectivity index (χ0n) is 19.0. The van der Waals surface area contributed by atoms with E-state index in [1.807, 2.05) is 0 Å². The molecule has 2 rings (SSSR count). The largest absolute Gasteiger partial charge is 0.573 e. The summed E-state index contributed by atoms with van der Waals surface area (Å²) in [5.74, 6) is 2.32. The molecule has 0 aromatic heterocycles. The highest BCUT2D eigenvalue weighted by molar-refractivity contribution is 9.10. The van der Waals surface area contributed by atoms with Crippen LogP contribution >= 0.6 is 15.9 Å². The van der Waals surface area contributed by atoms with Crippen LogP contribution in [0.2, 0.25) is 0 Å². The average Bonchev–Trinajstić information content (AvgIpc) is 2.76. The summed E-state index contributed by atoms with van der Waals surface area (Å²) in [6.07, 6.45) is -8.35. The third-order valence-corrected chi connectivity index (χ3v) is 4.84. The highest BCUT2D eigenvalue weighted by Gasteiger charge is 2.34. The smallest absolute Gasteiger partial charge is 0.488 e. The predicted octanol–water partition coefficient (Wildman–Crippen LogP) is 6.27. The zero-order valence-corrected chi connectivity index (χ0v) is 20.5. The maximum Gasteiger partial charge on any atom is 0.573 e. The van der Waals surface area contributed by atoms with E-state index < -0.39 is 36.3 Å². The lowest BCUT2D eigenvalue weighted by Crippen LogP contribution is -2.26. The van der Waals surface area contributed by atoms with E-state index in [9.17, 15) is 36.2 Å². The number of hydrogen-bond acceptors (Lipinski definition) is 5. The molecule has 0 aliphatic heterocycles. The van der Waals surface area contributed by atoms with E-state index in [0.29, 0.717) is 21.9 Å². The van der Waals surface area contributed by atoms with Crippen LogP contribution < -0.4 is 14.2 Å². The first-order valence-electron chi connectivity index (χ1n) is 10.3. The fraction of sp³-hybridized carbons (Fsp3) is 0.292.